The van der Waals surface area contributed by atoms with Crippen molar-refractivity contribution < 1.29 is 52.7 Å². The molecule has 0 radical (unpaired) electrons. The van der Waals surface area contributed by atoms with Crippen LogP contribution in [-0.2, 0) is 52.7 Å². The minimum Gasteiger partial charge on any atom is -0.370 e. The van der Waals surface area contributed by atoms with Gasteiger partial charge in [-0.2, -0.15) is 0 Å². The number of benzene rings is 5. The molecule has 0 aliphatic heterocycles. The Morgan fingerprint density at radius 3 is 0.597 bits per heavy atom. The minimum absolute atomic E-state index is 0.0489. The van der Waals surface area contributed by atoms with Crippen LogP contribution in [0.1, 0.15) is 228 Å². The highest BCUT2D eigenvalue weighted by Gasteiger charge is 2.38. The van der Waals surface area contributed by atoms with Gasteiger partial charge in [-0.1, -0.05) is 152 Å². The zero-order chi connectivity index (χ0) is 94.7. The summed E-state index contributed by atoms with van der Waals surface area (Å²) in [7, 11) is 0. The number of guanidine groups is 5. The fourth-order valence-electron chi connectivity index (χ4n) is 15.2. The van der Waals surface area contributed by atoms with E-state index in [1.807, 2.05) is 129 Å². The van der Waals surface area contributed by atoms with Gasteiger partial charge in [-0.05, 0) is 159 Å². The van der Waals surface area contributed by atoms with Crippen LogP contribution in [0.15, 0.2) is 152 Å². The second-order valence-electron chi connectivity index (χ2n) is 32.2. The fraction of sp³-hybridized carbons (Fsp3) is 0.500. The second-order valence-corrected chi connectivity index (χ2v) is 32.2. The Bertz CT molecular complexity index is 4390. The van der Waals surface area contributed by atoms with Gasteiger partial charge in [0.1, 0.15) is 30.2 Å². The van der Waals surface area contributed by atoms with Crippen molar-refractivity contribution in [3.63, 3.8) is 0 Å². The maximum absolute atomic E-state index is 15.8. The lowest BCUT2D eigenvalue weighted by Crippen LogP contribution is -2.53. The van der Waals surface area contributed by atoms with Gasteiger partial charge in [0.2, 0.25) is 65.0 Å². The van der Waals surface area contributed by atoms with Crippen LogP contribution in [0.4, 0.5) is 0 Å². The van der Waals surface area contributed by atoms with Gasteiger partial charge in [-0.3, -0.25) is 79.8 Å². The van der Waals surface area contributed by atoms with Gasteiger partial charge in [0.15, 0.2) is 29.8 Å². The van der Waals surface area contributed by atoms with Gasteiger partial charge in [0.25, 0.3) is 0 Å². The summed E-state index contributed by atoms with van der Waals surface area (Å²) in [6.45, 7) is 10.9. The molecule has 129 heavy (non-hydrogen) atoms. The maximum atomic E-state index is 15.8. The molecule has 37 nitrogen and oxygen atoms in total. The highest BCUT2D eigenvalue weighted by Crippen LogP contribution is 2.29. The van der Waals surface area contributed by atoms with E-state index in [-0.39, 0.29) is 146 Å². The van der Waals surface area contributed by atoms with E-state index in [0.717, 1.165) is 11.1 Å². The number of nitrogens with zero attached hydrogens (tertiary/aromatic N) is 5. The van der Waals surface area contributed by atoms with Crippen molar-refractivity contribution in [3.8, 4) is 0 Å². The summed E-state index contributed by atoms with van der Waals surface area (Å²) in [6.07, 6.45) is 3.16. The normalized spacial score (nSPS) is 13.3. The second kappa shape index (κ2) is 58.1. The molecule has 37 heteroatoms. The lowest BCUT2D eigenvalue weighted by Gasteiger charge is -2.35. The fourth-order valence-corrected chi connectivity index (χ4v) is 15.2. The molecule has 0 aromatic heterocycles. The summed E-state index contributed by atoms with van der Waals surface area (Å²) < 4.78 is 0. The van der Waals surface area contributed by atoms with E-state index in [1.165, 1.54) is 31.4 Å². The van der Waals surface area contributed by atoms with Gasteiger partial charge >= 0.3 is 0 Å². The van der Waals surface area contributed by atoms with Crippen LogP contribution in [0.3, 0.4) is 0 Å². The SMILES string of the molecule is CC(=O)N[C@@H](CCCCNC(=N)N)C(=O)N(CCC(=O)N[C@@H](CCCCNC(=N)N)C(=O)N(CCC(=O)N[C@@H](CCCCNC(=N)N)C(=O)N(CCC(=O)N[C@@H](CCCCNC(=N)N)C(=O)N(CCC(=O)N[C@@H](CCCCNC(=N)N)C(=O)N(CCC(N)=O)[C@@H](C)c1ccccc1)[C@@H](C)c1ccccc1)[C@@H](C)c1ccccc1)[C@@H](C)c1ccccc1)[C@@H](C)c1ccccc1. The van der Waals surface area contributed by atoms with E-state index < -0.39 is 125 Å². The average Bonchev–Trinajstić information content (AvgIpc) is 0.842. The Kier molecular flexibility index (Phi) is 47.8. The molecule has 0 saturated carbocycles. The molecule has 27 N–H and O–H groups in total. The summed E-state index contributed by atoms with van der Waals surface area (Å²) >= 11 is 0. The number of hydrogen-bond donors (Lipinski definition) is 21. The molecule has 0 spiro atoms. The zero-order valence-electron chi connectivity index (χ0n) is 75.6. The van der Waals surface area contributed by atoms with Crippen molar-refractivity contribution in [2.24, 2.45) is 34.4 Å². The number of amides is 11. The van der Waals surface area contributed by atoms with E-state index in [9.17, 15) is 28.8 Å². The number of carbonyl (C=O) groups is 11. The molecule has 0 bridgehead atoms. The van der Waals surface area contributed by atoms with Gasteiger partial charge in [-0.25, -0.2) is 0 Å². The van der Waals surface area contributed by atoms with Crippen molar-refractivity contribution in [2.75, 3.05) is 65.4 Å². The number of carbonyl (C=O) groups excluding carboxylic acids is 11. The van der Waals surface area contributed by atoms with Crippen molar-refractivity contribution in [1.29, 1.82) is 27.0 Å². The quantitative estimate of drug-likeness (QED) is 0.0137. The lowest BCUT2D eigenvalue weighted by atomic mass is 10.0. The molecular weight excluding hydrogens is 1650 g/mol. The predicted octanol–water partition coefficient (Wildman–Crippen LogP) is 5.08. The van der Waals surface area contributed by atoms with Crippen LogP contribution in [0.25, 0.3) is 0 Å². The largest absolute Gasteiger partial charge is 0.370 e. The lowest BCUT2D eigenvalue weighted by molar-refractivity contribution is -0.142. The third-order valence-corrected chi connectivity index (χ3v) is 22.5. The van der Waals surface area contributed by atoms with Crippen LogP contribution in [0.5, 0.6) is 0 Å². The molecule has 0 aliphatic rings. The van der Waals surface area contributed by atoms with Crippen LogP contribution >= 0.6 is 0 Å². The third-order valence-electron chi connectivity index (χ3n) is 22.5. The molecule has 0 aliphatic carbocycles. The topological polar surface area (TPSA) is 600 Å². The highest BCUT2D eigenvalue weighted by atomic mass is 16.2. The van der Waals surface area contributed by atoms with Gasteiger partial charge in [0, 0.05) is 104 Å². The molecule has 11 amide bonds. The number of nitrogens with one attached hydrogen (secondary N) is 15. The molecule has 0 heterocycles. The summed E-state index contributed by atoms with van der Waals surface area (Å²) in [4.78, 5) is 169. The maximum Gasteiger partial charge on any atom is 0.245 e. The van der Waals surface area contributed by atoms with Crippen molar-refractivity contribution in [3.05, 3.63) is 179 Å². The first-order valence-corrected chi connectivity index (χ1v) is 44.6. The molecule has 5 aromatic rings. The van der Waals surface area contributed by atoms with Crippen molar-refractivity contribution in [1.82, 2.24) is 77.7 Å². The van der Waals surface area contributed by atoms with Gasteiger partial charge in [-0.15, -0.1) is 0 Å². The number of nitrogens with two attached hydrogens (primary N) is 6. The number of rotatable bonds is 60. The van der Waals surface area contributed by atoms with Crippen LogP contribution in [-0.4, -0.2) is 215 Å². The molecule has 0 saturated heterocycles. The van der Waals surface area contributed by atoms with E-state index in [4.69, 9.17) is 61.4 Å². The Balaban J connectivity index is 1.49. The van der Waals surface area contributed by atoms with Gasteiger partial charge in [0.05, 0.1) is 30.2 Å². The first kappa shape index (κ1) is 106. The van der Waals surface area contributed by atoms with E-state index in [0.29, 0.717) is 94.0 Å². The number of unbranched alkanes of at least 4 members (excludes halogenated alkanes) is 5. The molecule has 10 atom stereocenters. The van der Waals surface area contributed by atoms with Crippen molar-refractivity contribution >= 4 is 94.8 Å². The van der Waals surface area contributed by atoms with Crippen LogP contribution < -0.4 is 87.6 Å². The summed E-state index contributed by atoms with van der Waals surface area (Å²) in [5, 5.41) is 67.1. The Morgan fingerprint density at radius 2 is 0.434 bits per heavy atom. The first-order valence-electron chi connectivity index (χ1n) is 44.6. The van der Waals surface area contributed by atoms with E-state index in [2.05, 4.69) is 53.2 Å². The summed E-state index contributed by atoms with van der Waals surface area (Å²) in [5.74, 6) is -7.33. The van der Waals surface area contributed by atoms with Crippen LogP contribution in [0.2, 0.25) is 0 Å². The minimum atomic E-state index is -1.26. The van der Waals surface area contributed by atoms with E-state index in [1.54, 1.807) is 57.2 Å². The smallest absolute Gasteiger partial charge is 0.245 e. The summed E-state index contributed by atoms with van der Waals surface area (Å²) in [5.41, 5.74) is 37.3. The summed E-state index contributed by atoms with van der Waals surface area (Å²) in [6, 6.07) is 36.4. The molecular formula is C92H140N26O11. The highest BCUT2D eigenvalue weighted by molar-refractivity contribution is 5.93. The Labute approximate surface area is 758 Å². The monoisotopic (exact) mass is 1790 g/mol. The number of primary amides is 1. The molecule has 0 fully saturated rings. The Hall–Kier alpha value is -13.4. The average molecular weight is 1790 g/mol. The first-order chi connectivity index (χ1) is 61.7. The van der Waals surface area contributed by atoms with Gasteiger partial charge < -0.3 is 112 Å². The zero-order valence-corrected chi connectivity index (χ0v) is 75.6. The molecule has 5 rings (SSSR count). The van der Waals surface area contributed by atoms with Crippen LogP contribution in [0, 0.1) is 27.0 Å². The van der Waals surface area contributed by atoms with E-state index >= 15 is 24.0 Å². The van der Waals surface area contributed by atoms with Crippen molar-refractivity contribution in [2.45, 2.75) is 230 Å². The molecule has 0 unspecified atom stereocenters. The Morgan fingerprint density at radius 1 is 0.264 bits per heavy atom. The molecule has 5 aromatic carbocycles. The standard InChI is InChI=1S/C92H140N26O11/c1-62(68-32-12-7-13-33-68)114(57-47-78(93)120)84(126)74(43-23-28-53-105-89(96)97)110-80(122)49-59-116(64(3)70-36-16-9-17-37-70)86(128)76(45-25-30-55-107-91(100)101)112-82(124)51-61-118(66(5)72-40-20-11-21-41-72)87(129)77(46-26-31-56-108-92(102)103)113-81(123)50-60-117(65(4)71-38-18-10-19-39-71)85(127)75(44-24-29-54-106-90(98)99)111-79(121)48-58-115(63(2)69-34-14-8-15-35-69)83(125)73(109-67(6)119)42-22-27-52-104-88(94)95/h7-21,32-41,62-66,73-77H,22-31,42-61H2,1-6H3,(H2,93,120)(H,109,119)(H,110,122)(H,111,121)(H,112,124)(H,113,123)(H4,94,95,104)(H4,96,97,105)(H4,98,99,106)(H4,100,101,107)(H4,102,103,108)/t62-,63-,64-,65-,66-,73-,74-,75-,76-,77-/m0/s1. The number of hydrogen-bond acceptors (Lipinski definition) is 16. The third kappa shape index (κ3) is 39.6. The molecule has 704 valence electrons. The predicted molar refractivity (Wildman–Crippen MR) is 499 cm³/mol.